The molecule has 0 radical (unpaired) electrons. The van der Waals surface area contributed by atoms with E-state index in [1.807, 2.05) is 24.3 Å². The zero-order chi connectivity index (χ0) is 19.7. The average Bonchev–Trinajstić information content (AvgIpc) is 3.13. The number of nitrogens with one attached hydrogen (secondary N) is 1. The summed E-state index contributed by atoms with van der Waals surface area (Å²) in [6.45, 7) is 0. The Kier molecular flexibility index (Phi) is 6.41. The van der Waals surface area contributed by atoms with Crippen molar-refractivity contribution in [1.82, 2.24) is 4.98 Å². The number of aromatic nitrogens is 1. The minimum atomic E-state index is -0.605. The lowest BCUT2D eigenvalue weighted by Gasteiger charge is -2.11. The van der Waals surface area contributed by atoms with Crippen LogP contribution in [0.25, 0.3) is 11.3 Å². The second kappa shape index (κ2) is 8.43. The van der Waals surface area contributed by atoms with E-state index < -0.39 is 5.91 Å². The Morgan fingerprint density at radius 1 is 1.00 bits per heavy atom. The maximum Gasteiger partial charge on any atom is 0.260 e. The lowest BCUT2D eigenvalue weighted by Crippen LogP contribution is -2.13. The quantitative estimate of drug-likeness (QED) is 0.313. The topological polar surface area (TPSA) is 51.2 Å². The van der Waals surface area contributed by atoms with Gasteiger partial charge in [0.15, 0.2) is 5.13 Å². The van der Waals surface area contributed by atoms with Crippen LogP contribution in [0.4, 0.5) is 5.13 Å². The van der Waals surface area contributed by atoms with Gasteiger partial charge in [0.25, 0.3) is 5.91 Å². The summed E-state index contributed by atoms with van der Waals surface area (Å²) in [4.78, 5) is 17.0. The lowest BCUT2D eigenvalue weighted by molar-refractivity contribution is 0.102. The first-order chi connectivity index (χ1) is 12.8. The molecule has 4 nitrogen and oxygen atoms in total. The predicted molar refractivity (Wildman–Crippen MR) is 114 cm³/mol. The van der Waals surface area contributed by atoms with Crippen molar-refractivity contribution in [2.75, 3.05) is 12.4 Å². The van der Waals surface area contributed by atoms with Crippen molar-refractivity contribution < 1.29 is 9.53 Å². The normalized spacial score (nSPS) is 10.7. The van der Waals surface area contributed by atoms with Gasteiger partial charge in [0.1, 0.15) is 5.75 Å². The van der Waals surface area contributed by atoms with Crippen LogP contribution in [-0.2, 0) is 0 Å². The van der Waals surface area contributed by atoms with Crippen LogP contribution in [0.15, 0.2) is 29.6 Å². The van der Waals surface area contributed by atoms with Crippen LogP contribution < -0.4 is 10.1 Å². The van der Waals surface area contributed by atoms with Crippen molar-refractivity contribution in [1.29, 1.82) is 0 Å². The molecular formula is C17H9Cl5N2O2S. The molecule has 0 unspecified atom stereocenters. The molecule has 10 heteroatoms. The maximum absolute atomic E-state index is 12.6. The van der Waals surface area contributed by atoms with E-state index in [4.69, 9.17) is 62.7 Å². The van der Waals surface area contributed by atoms with Crippen LogP contribution in [-0.4, -0.2) is 18.0 Å². The molecule has 1 N–H and O–H groups in total. The van der Waals surface area contributed by atoms with Gasteiger partial charge in [-0.3, -0.25) is 10.1 Å². The molecule has 140 valence electrons. The van der Waals surface area contributed by atoms with Gasteiger partial charge in [-0.25, -0.2) is 4.98 Å². The Bertz CT molecular complexity index is 1010. The summed E-state index contributed by atoms with van der Waals surface area (Å²) in [5.41, 5.74) is 1.37. The van der Waals surface area contributed by atoms with Crippen LogP contribution in [0, 0.1) is 0 Å². The molecular weight excluding hydrogens is 474 g/mol. The van der Waals surface area contributed by atoms with Gasteiger partial charge in [0, 0.05) is 10.9 Å². The monoisotopic (exact) mass is 480 g/mol. The highest BCUT2D eigenvalue weighted by atomic mass is 35.5. The molecule has 1 amide bonds. The number of amides is 1. The summed E-state index contributed by atoms with van der Waals surface area (Å²) in [5.74, 6) is 0.0643. The van der Waals surface area contributed by atoms with Gasteiger partial charge in [-0.1, -0.05) is 70.1 Å². The zero-order valence-corrected chi connectivity index (χ0v) is 18.0. The van der Waals surface area contributed by atoms with Gasteiger partial charge in [-0.2, -0.15) is 0 Å². The fourth-order valence-corrected chi connectivity index (χ4v) is 4.29. The fourth-order valence-electron chi connectivity index (χ4n) is 2.27. The number of para-hydroxylation sites is 1. The largest absolute Gasteiger partial charge is 0.496 e. The molecule has 0 atom stereocenters. The van der Waals surface area contributed by atoms with Crippen LogP contribution in [0.2, 0.25) is 25.1 Å². The summed E-state index contributed by atoms with van der Waals surface area (Å²) in [7, 11) is 1.58. The molecule has 3 rings (SSSR count). The Morgan fingerprint density at radius 3 is 2.22 bits per heavy atom. The Hall–Kier alpha value is -1.21. The van der Waals surface area contributed by atoms with Crippen LogP contribution in [0.1, 0.15) is 10.4 Å². The molecule has 1 heterocycles. The number of anilines is 1. The Morgan fingerprint density at radius 2 is 1.59 bits per heavy atom. The molecule has 0 spiro atoms. The zero-order valence-electron chi connectivity index (χ0n) is 13.4. The number of nitrogens with zero attached hydrogens (tertiary/aromatic N) is 1. The SMILES string of the molecule is COc1ccccc1-c1csc(NC(=O)c2c(Cl)c(Cl)c(Cl)c(Cl)c2Cl)n1. The summed E-state index contributed by atoms with van der Waals surface area (Å²) < 4.78 is 5.33. The van der Waals surface area contributed by atoms with Gasteiger partial charge in [0.2, 0.25) is 0 Å². The van der Waals surface area contributed by atoms with Gasteiger partial charge in [-0.15, -0.1) is 11.3 Å². The minimum absolute atomic E-state index is 0.0161. The van der Waals surface area contributed by atoms with Crippen LogP contribution in [0.3, 0.4) is 0 Å². The van der Waals surface area contributed by atoms with E-state index in [-0.39, 0.29) is 30.7 Å². The maximum atomic E-state index is 12.6. The van der Waals surface area contributed by atoms with Crippen LogP contribution in [0.5, 0.6) is 5.75 Å². The molecule has 0 saturated carbocycles. The molecule has 0 aliphatic carbocycles. The van der Waals surface area contributed by atoms with E-state index in [0.29, 0.717) is 16.6 Å². The molecule has 3 aromatic rings. The smallest absolute Gasteiger partial charge is 0.260 e. The highest BCUT2D eigenvalue weighted by Gasteiger charge is 2.24. The number of ether oxygens (including phenoxy) is 1. The number of methoxy groups -OCH3 is 1. The third kappa shape index (κ3) is 3.99. The molecule has 1 aromatic heterocycles. The van der Waals surface area contributed by atoms with E-state index in [1.54, 1.807) is 12.5 Å². The van der Waals surface area contributed by atoms with Crippen molar-refractivity contribution in [3.05, 3.63) is 60.3 Å². The fraction of sp³-hybridized carbons (Fsp3) is 0.0588. The number of thiazole rings is 1. The van der Waals surface area contributed by atoms with E-state index in [0.717, 1.165) is 5.56 Å². The predicted octanol–water partition coefficient (Wildman–Crippen LogP) is 7.34. The lowest BCUT2D eigenvalue weighted by atomic mass is 10.1. The molecule has 27 heavy (non-hydrogen) atoms. The molecule has 0 aliphatic heterocycles. The van der Waals surface area contributed by atoms with Crippen molar-refractivity contribution in [3.8, 4) is 17.0 Å². The van der Waals surface area contributed by atoms with Crippen molar-refractivity contribution in [3.63, 3.8) is 0 Å². The standard InChI is InChI=1S/C17H9Cl5N2O2S/c1-26-9-5-3-2-4-7(9)8-6-27-17(23-8)24-16(25)10-11(18)13(20)15(22)14(21)12(10)19/h2-6H,1H3,(H,23,24,25). The number of halogens is 5. The Balaban J connectivity index is 1.92. The first-order valence-corrected chi connectivity index (χ1v) is 10.0. The highest BCUT2D eigenvalue weighted by Crippen LogP contribution is 2.44. The van der Waals surface area contributed by atoms with Gasteiger partial charge in [-0.05, 0) is 12.1 Å². The second-order valence-electron chi connectivity index (χ2n) is 5.14. The summed E-state index contributed by atoms with van der Waals surface area (Å²) in [6.07, 6.45) is 0. The summed E-state index contributed by atoms with van der Waals surface area (Å²) in [5, 5.41) is 4.48. The van der Waals surface area contributed by atoms with Gasteiger partial charge >= 0.3 is 0 Å². The van der Waals surface area contributed by atoms with Crippen molar-refractivity contribution in [2.24, 2.45) is 0 Å². The number of carbonyl (C=O) groups excluding carboxylic acids is 1. The number of hydrogen-bond donors (Lipinski definition) is 1. The third-order valence-corrected chi connectivity index (χ3v) is 6.58. The number of hydrogen-bond acceptors (Lipinski definition) is 4. The van der Waals surface area contributed by atoms with Crippen LogP contribution >= 0.6 is 69.3 Å². The number of benzene rings is 2. The number of rotatable bonds is 4. The van der Waals surface area contributed by atoms with Crippen molar-refractivity contribution >= 4 is 80.4 Å². The van der Waals surface area contributed by atoms with Gasteiger partial charge in [0.05, 0.1) is 43.5 Å². The number of carbonyl (C=O) groups is 1. The molecule has 0 aliphatic rings. The molecule has 2 aromatic carbocycles. The van der Waals surface area contributed by atoms with Crippen molar-refractivity contribution in [2.45, 2.75) is 0 Å². The molecule has 0 saturated heterocycles. The van der Waals surface area contributed by atoms with Gasteiger partial charge < -0.3 is 4.74 Å². The molecule has 0 bridgehead atoms. The Labute approximate surface area is 183 Å². The minimum Gasteiger partial charge on any atom is -0.496 e. The van der Waals surface area contributed by atoms with E-state index in [1.165, 1.54) is 11.3 Å². The highest BCUT2D eigenvalue weighted by molar-refractivity contribution is 7.14. The summed E-state index contributed by atoms with van der Waals surface area (Å²) >= 11 is 31.4. The second-order valence-corrected chi connectivity index (χ2v) is 7.89. The first-order valence-electron chi connectivity index (χ1n) is 7.26. The third-order valence-electron chi connectivity index (χ3n) is 3.54. The van der Waals surface area contributed by atoms with E-state index >= 15 is 0 Å². The molecule has 0 fully saturated rings. The first kappa shape index (κ1) is 20.5. The van der Waals surface area contributed by atoms with E-state index in [9.17, 15) is 4.79 Å². The average molecular weight is 483 g/mol. The summed E-state index contributed by atoms with van der Waals surface area (Å²) in [6, 6.07) is 7.41. The van der Waals surface area contributed by atoms with E-state index in [2.05, 4.69) is 10.3 Å².